The van der Waals surface area contributed by atoms with Crippen molar-refractivity contribution < 1.29 is 14.3 Å². The maximum absolute atomic E-state index is 12.5. The van der Waals surface area contributed by atoms with E-state index in [9.17, 15) is 9.59 Å². The molecule has 140 valence electrons. The van der Waals surface area contributed by atoms with Gasteiger partial charge >= 0.3 is 11.8 Å². The van der Waals surface area contributed by atoms with Crippen LogP contribution in [0.25, 0.3) is 0 Å². The summed E-state index contributed by atoms with van der Waals surface area (Å²) in [6, 6.07) is 15.0. The second-order valence-corrected chi connectivity index (χ2v) is 6.87. The fraction of sp³-hybridized carbons (Fsp3) is 0.333. The van der Waals surface area contributed by atoms with E-state index in [0.29, 0.717) is 18.7 Å². The second kappa shape index (κ2) is 7.70. The Morgan fingerprint density at radius 2 is 1.70 bits per heavy atom. The van der Waals surface area contributed by atoms with Gasteiger partial charge in [0.25, 0.3) is 0 Å². The van der Waals surface area contributed by atoms with E-state index < -0.39 is 11.8 Å². The zero-order valence-electron chi connectivity index (χ0n) is 15.1. The van der Waals surface area contributed by atoms with Gasteiger partial charge in [0, 0.05) is 25.1 Å². The SMILES string of the molecule is O=C(Nc1ccccc1N1CCCC1)C(=O)N[C@H]1CCOc2ccccc21. The number of benzene rings is 2. The van der Waals surface area contributed by atoms with Gasteiger partial charge in [-0.2, -0.15) is 0 Å². The van der Waals surface area contributed by atoms with Crippen LogP contribution < -0.4 is 20.3 Å². The van der Waals surface area contributed by atoms with Gasteiger partial charge < -0.3 is 20.3 Å². The summed E-state index contributed by atoms with van der Waals surface area (Å²) in [4.78, 5) is 27.2. The molecule has 0 saturated carbocycles. The maximum atomic E-state index is 12.5. The first kappa shape index (κ1) is 17.4. The molecule has 6 heteroatoms. The summed E-state index contributed by atoms with van der Waals surface area (Å²) >= 11 is 0. The number of carbonyl (C=O) groups is 2. The molecule has 27 heavy (non-hydrogen) atoms. The minimum absolute atomic E-state index is 0.220. The Balaban J connectivity index is 1.45. The zero-order chi connectivity index (χ0) is 18.6. The lowest BCUT2D eigenvalue weighted by Gasteiger charge is -2.26. The Bertz CT molecular complexity index is 846. The number of hydrogen-bond donors (Lipinski definition) is 2. The van der Waals surface area contributed by atoms with E-state index in [1.165, 1.54) is 0 Å². The number of rotatable bonds is 3. The van der Waals surface area contributed by atoms with Crippen molar-refractivity contribution >= 4 is 23.2 Å². The lowest BCUT2D eigenvalue weighted by atomic mass is 10.0. The molecule has 2 aromatic rings. The third-order valence-electron chi connectivity index (χ3n) is 5.07. The predicted octanol–water partition coefficient (Wildman–Crippen LogP) is 2.87. The Kier molecular flexibility index (Phi) is 4.96. The lowest BCUT2D eigenvalue weighted by Crippen LogP contribution is -2.39. The summed E-state index contributed by atoms with van der Waals surface area (Å²) in [5.74, 6) is -0.521. The van der Waals surface area contributed by atoms with Crippen LogP contribution in [0.15, 0.2) is 48.5 Å². The van der Waals surface area contributed by atoms with E-state index in [0.717, 1.165) is 42.9 Å². The van der Waals surface area contributed by atoms with Crippen molar-refractivity contribution in [2.45, 2.75) is 25.3 Å². The summed E-state index contributed by atoms with van der Waals surface area (Å²) in [5.41, 5.74) is 2.54. The van der Waals surface area contributed by atoms with Gasteiger partial charge in [0.1, 0.15) is 5.75 Å². The molecule has 0 radical (unpaired) electrons. The summed E-state index contributed by atoms with van der Waals surface area (Å²) < 4.78 is 5.61. The molecule has 2 aromatic carbocycles. The minimum Gasteiger partial charge on any atom is -0.493 e. The van der Waals surface area contributed by atoms with Crippen LogP contribution in [0.4, 0.5) is 11.4 Å². The molecule has 0 bridgehead atoms. The molecule has 2 amide bonds. The number of para-hydroxylation sites is 3. The molecule has 1 saturated heterocycles. The topological polar surface area (TPSA) is 70.7 Å². The monoisotopic (exact) mass is 365 g/mol. The standard InChI is InChI=1S/C21H23N3O3/c25-20(22-16-11-14-27-19-10-4-1-7-15(16)19)21(26)23-17-8-2-3-9-18(17)24-12-5-6-13-24/h1-4,7-10,16H,5-6,11-14H2,(H,22,25)(H,23,26)/t16-/m0/s1. The third-order valence-corrected chi connectivity index (χ3v) is 5.07. The first-order valence-corrected chi connectivity index (χ1v) is 9.40. The number of anilines is 2. The molecule has 2 aliphatic rings. The smallest absolute Gasteiger partial charge is 0.313 e. The third kappa shape index (κ3) is 3.74. The molecule has 0 unspecified atom stereocenters. The number of hydrogen-bond acceptors (Lipinski definition) is 4. The molecule has 0 aromatic heterocycles. The van der Waals surface area contributed by atoms with Gasteiger partial charge in [-0.25, -0.2) is 0 Å². The molecule has 1 atom stereocenters. The Labute approximate surface area is 158 Å². The van der Waals surface area contributed by atoms with Crippen LogP contribution in [0, 0.1) is 0 Å². The van der Waals surface area contributed by atoms with Crippen molar-refractivity contribution in [1.82, 2.24) is 5.32 Å². The van der Waals surface area contributed by atoms with Crippen molar-refractivity contribution in [2.24, 2.45) is 0 Å². The number of nitrogens with one attached hydrogen (secondary N) is 2. The molecule has 4 rings (SSSR count). The van der Waals surface area contributed by atoms with Crippen molar-refractivity contribution in [3.05, 3.63) is 54.1 Å². The van der Waals surface area contributed by atoms with Crippen molar-refractivity contribution in [3.8, 4) is 5.75 Å². The van der Waals surface area contributed by atoms with Gasteiger partial charge in [-0.15, -0.1) is 0 Å². The van der Waals surface area contributed by atoms with Gasteiger partial charge in [-0.05, 0) is 31.0 Å². The van der Waals surface area contributed by atoms with Crippen LogP contribution >= 0.6 is 0 Å². The Morgan fingerprint density at radius 1 is 0.963 bits per heavy atom. The quantitative estimate of drug-likeness (QED) is 0.821. The molecular weight excluding hydrogens is 342 g/mol. The molecule has 2 heterocycles. The highest BCUT2D eigenvalue weighted by atomic mass is 16.5. The van der Waals surface area contributed by atoms with Crippen LogP contribution in [0.5, 0.6) is 5.75 Å². The van der Waals surface area contributed by atoms with Gasteiger partial charge in [0.2, 0.25) is 0 Å². The van der Waals surface area contributed by atoms with Crippen LogP contribution in [0.1, 0.15) is 30.9 Å². The van der Waals surface area contributed by atoms with E-state index in [2.05, 4.69) is 15.5 Å². The van der Waals surface area contributed by atoms with E-state index in [1.807, 2.05) is 48.5 Å². The Morgan fingerprint density at radius 3 is 2.56 bits per heavy atom. The Hall–Kier alpha value is -3.02. The average molecular weight is 365 g/mol. The molecule has 2 N–H and O–H groups in total. The highest BCUT2D eigenvalue weighted by Gasteiger charge is 2.26. The fourth-order valence-electron chi connectivity index (χ4n) is 3.71. The van der Waals surface area contributed by atoms with Crippen LogP contribution in [-0.2, 0) is 9.59 Å². The average Bonchev–Trinajstić information content (AvgIpc) is 3.23. The zero-order valence-corrected chi connectivity index (χ0v) is 15.1. The van der Waals surface area contributed by atoms with Gasteiger partial charge in [0.15, 0.2) is 0 Å². The number of ether oxygens (including phenoxy) is 1. The maximum Gasteiger partial charge on any atom is 0.313 e. The first-order valence-electron chi connectivity index (χ1n) is 9.40. The van der Waals surface area contributed by atoms with Crippen molar-refractivity contribution in [1.29, 1.82) is 0 Å². The van der Waals surface area contributed by atoms with Crippen molar-refractivity contribution in [3.63, 3.8) is 0 Å². The summed E-state index contributed by atoms with van der Waals surface area (Å²) in [7, 11) is 0. The number of nitrogens with zero attached hydrogens (tertiary/aromatic N) is 1. The molecule has 0 spiro atoms. The lowest BCUT2D eigenvalue weighted by molar-refractivity contribution is -0.136. The normalized spacial score (nSPS) is 18.4. The molecule has 1 fully saturated rings. The minimum atomic E-state index is -0.648. The first-order chi connectivity index (χ1) is 13.2. The van der Waals surface area contributed by atoms with Crippen molar-refractivity contribution in [2.75, 3.05) is 29.9 Å². The van der Waals surface area contributed by atoms with Gasteiger partial charge in [-0.3, -0.25) is 9.59 Å². The summed E-state index contributed by atoms with van der Waals surface area (Å²) in [6.45, 7) is 2.46. The summed E-state index contributed by atoms with van der Waals surface area (Å²) in [5, 5.41) is 5.62. The largest absolute Gasteiger partial charge is 0.493 e. The van der Waals surface area contributed by atoms with E-state index in [4.69, 9.17) is 4.74 Å². The molecule has 6 nitrogen and oxygen atoms in total. The number of amides is 2. The van der Waals surface area contributed by atoms with Gasteiger partial charge in [-0.1, -0.05) is 30.3 Å². The second-order valence-electron chi connectivity index (χ2n) is 6.87. The van der Waals surface area contributed by atoms with E-state index in [1.54, 1.807) is 0 Å². The predicted molar refractivity (Wildman–Crippen MR) is 104 cm³/mol. The van der Waals surface area contributed by atoms with Crippen LogP contribution in [0.2, 0.25) is 0 Å². The van der Waals surface area contributed by atoms with E-state index in [-0.39, 0.29) is 6.04 Å². The van der Waals surface area contributed by atoms with E-state index >= 15 is 0 Å². The highest BCUT2D eigenvalue weighted by molar-refractivity contribution is 6.40. The molecule has 0 aliphatic carbocycles. The molecule has 2 aliphatic heterocycles. The number of carbonyl (C=O) groups excluding carboxylic acids is 2. The fourth-order valence-corrected chi connectivity index (χ4v) is 3.71. The van der Waals surface area contributed by atoms with Crippen LogP contribution in [-0.4, -0.2) is 31.5 Å². The van der Waals surface area contributed by atoms with Crippen LogP contribution in [0.3, 0.4) is 0 Å². The molecular formula is C21H23N3O3. The van der Waals surface area contributed by atoms with Gasteiger partial charge in [0.05, 0.1) is 24.0 Å². The summed E-state index contributed by atoms with van der Waals surface area (Å²) in [6.07, 6.45) is 2.93. The number of fused-ring (bicyclic) bond motifs is 1. The highest BCUT2D eigenvalue weighted by Crippen LogP contribution is 2.32.